The summed E-state index contributed by atoms with van der Waals surface area (Å²) in [6.07, 6.45) is 0.412. The van der Waals surface area contributed by atoms with Crippen molar-refractivity contribution in [2.24, 2.45) is 17.9 Å². The number of amidine groups is 1. The molecule has 3 rings (SSSR count). The fourth-order valence-corrected chi connectivity index (χ4v) is 3.15. The number of nitrogens with two attached hydrogens (primary N) is 1. The molecule has 152 valence electrons. The number of hydrogen-bond acceptors (Lipinski definition) is 5. The van der Waals surface area contributed by atoms with Crippen LogP contribution < -0.4 is 10.6 Å². The lowest BCUT2D eigenvalue weighted by Crippen LogP contribution is -2.30. The van der Waals surface area contributed by atoms with E-state index in [0.717, 1.165) is 36.4 Å². The number of alkyl halides is 3. The summed E-state index contributed by atoms with van der Waals surface area (Å²) < 4.78 is 40.0. The first-order valence-electron chi connectivity index (χ1n) is 8.72. The topological polar surface area (TPSA) is 81.6 Å². The van der Waals surface area contributed by atoms with Gasteiger partial charge in [-0.15, -0.1) is 0 Å². The molecular formula is C17H20ClF3N6O. The summed E-state index contributed by atoms with van der Waals surface area (Å²) in [5.74, 6) is 0.861. The Bertz CT molecular complexity index is 844. The summed E-state index contributed by atoms with van der Waals surface area (Å²) in [4.78, 5) is 11.6. The van der Waals surface area contributed by atoms with Crippen LogP contribution in [0.25, 0.3) is 0 Å². The van der Waals surface area contributed by atoms with E-state index >= 15 is 0 Å². The van der Waals surface area contributed by atoms with E-state index < -0.39 is 18.5 Å². The van der Waals surface area contributed by atoms with Crippen molar-refractivity contribution in [3.63, 3.8) is 0 Å². The smallest absolute Gasteiger partial charge is 0.389 e. The van der Waals surface area contributed by atoms with Crippen LogP contribution in [0.1, 0.15) is 36.1 Å². The average Bonchev–Trinajstić information content (AvgIpc) is 2.97. The Kier molecular flexibility index (Phi) is 5.97. The maximum absolute atomic E-state index is 13.0. The van der Waals surface area contributed by atoms with Crippen molar-refractivity contribution in [2.45, 2.75) is 32.0 Å². The first kappa shape index (κ1) is 20.2. The van der Waals surface area contributed by atoms with Crippen molar-refractivity contribution >= 4 is 23.3 Å². The second kappa shape index (κ2) is 8.26. The van der Waals surface area contributed by atoms with Gasteiger partial charge >= 0.3 is 6.18 Å². The van der Waals surface area contributed by atoms with Gasteiger partial charge in [-0.1, -0.05) is 16.8 Å². The first-order chi connectivity index (χ1) is 13.3. The van der Waals surface area contributed by atoms with Gasteiger partial charge in [0.25, 0.3) is 0 Å². The Labute approximate surface area is 164 Å². The van der Waals surface area contributed by atoms with Gasteiger partial charge in [0, 0.05) is 31.9 Å². The van der Waals surface area contributed by atoms with Gasteiger partial charge in [-0.25, -0.2) is 4.98 Å². The van der Waals surface area contributed by atoms with Crippen LogP contribution in [0.15, 0.2) is 23.5 Å². The summed E-state index contributed by atoms with van der Waals surface area (Å²) in [5.41, 5.74) is 4.95. The van der Waals surface area contributed by atoms with Crippen LogP contribution >= 0.6 is 11.6 Å². The van der Waals surface area contributed by atoms with Gasteiger partial charge in [0.2, 0.25) is 0 Å². The second-order valence-corrected chi connectivity index (χ2v) is 6.80. The zero-order valence-electron chi connectivity index (χ0n) is 15.2. The predicted octanol–water partition coefficient (Wildman–Crippen LogP) is 3.31. The highest BCUT2D eigenvalue weighted by Crippen LogP contribution is 2.34. The molecule has 0 spiro atoms. The SMILES string of the molecule is Cn1nc(C(F)(F)F)c(CO/N=C(\N)c2ccc(N3CCCCC3)nc2)c1Cl. The Hall–Kier alpha value is -2.49. The molecule has 2 N–H and O–H groups in total. The van der Waals surface area contributed by atoms with Crippen molar-refractivity contribution in [2.75, 3.05) is 18.0 Å². The third-order valence-electron chi connectivity index (χ3n) is 4.43. The molecule has 2 aromatic rings. The molecule has 11 heteroatoms. The molecule has 0 saturated carbocycles. The standard InChI is InChI=1S/C17H20ClF3N6O/c1-26-15(18)12(14(24-26)17(19,20)21)10-28-25-16(22)11-5-6-13(23-9-11)27-7-3-2-4-8-27/h5-6,9H,2-4,7-8,10H2,1H3,(H2,22,25). The van der Waals surface area contributed by atoms with Crippen molar-refractivity contribution in [1.29, 1.82) is 0 Å². The van der Waals surface area contributed by atoms with Crippen molar-refractivity contribution in [1.82, 2.24) is 14.8 Å². The van der Waals surface area contributed by atoms with Crippen LogP contribution in [0, 0.1) is 0 Å². The molecule has 0 atom stereocenters. The van der Waals surface area contributed by atoms with Gasteiger partial charge in [0.15, 0.2) is 11.5 Å². The van der Waals surface area contributed by atoms with E-state index in [-0.39, 0.29) is 16.6 Å². The zero-order valence-corrected chi connectivity index (χ0v) is 16.0. The van der Waals surface area contributed by atoms with Crippen LogP contribution in [0.2, 0.25) is 5.15 Å². The number of aromatic nitrogens is 3. The fraction of sp³-hybridized carbons (Fsp3) is 0.471. The van der Waals surface area contributed by atoms with Gasteiger partial charge in [0.1, 0.15) is 17.6 Å². The highest BCUT2D eigenvalue weighted by molar-refractivity contribution is 6.30. The summed E-state index contributed by atoms with van der Waals surface area (Å²) in [7, 11) is 1.31. The summed E-state index contributed by atoms with van der Waals surface area (Å²) in [6.45, 7) is 1.42. The summed E-state index contributed by atoms with van der Waals surface area (Å²) >= 11 is 5.87. The molecule has 0 bridgehead atoms. The monoisotopic (exact) mass is 416 g/mol. The number of hydrogen-bond donors (Lipinski definition) is 1. The quantitative estimate of drug-likeness (QED) is 0.459. The van der Waals surface area contributed by atoms with Crippen LogP contribution in [0.4, 0.5) is 19.0 Å². The van der Waals surface area contributed by atoms with Gasteiger partial charge in [0.05, 0.1) is 5.56 Å². The average molecular weight is 417 g/mol. The molecule has 0 amide bonds. The third-order valence-corrected chi connectivity index (χ3v) is 4.91. The second-order valence-electron chi connectivity index (χ2n) is 6.44. The molecule has 0 aromatic carbocycles. The minimum Gasteiger partial charge on any atom is -0.389 e. The fourth-order valence-electron chi connectivity index (χ4n) is 2.97. The number of anilines is 1. The Morgan fingerprint density at radius 1 is 1.29 bits per heavy atom. The Morgan fingerprint density at radius 3 is 2.61 bits per heavy atom. The molecule has 1 saturated heterocycles. The number of nitrogens with zero attached hydrogens (tertiary/aromatic N) is 5. The van der Waals surface area contributed by atoms with E-state index in [1.165, 1.54) is 13.5 Å². The highest BCUT2D eigenvalue weighted by atomic mass is 35.5. The molecule has 1 fully saturated rings. The molecular weight excluding hydrogens is 397 g/mol. The van der Waals surface area contributed by atoms with E-state index in [1.54, 1.807) is 12.3 Å². The molecule has 0 unspecified atom stereocenters. The molecule has 7 nitrogen and oxygen atoms in total. The first-order valence-corrected chi connectivity index (χ1v) is 9.10. The molecule has 1 aliphatic rings. The predicted molar refractivity (Wildman–Crippen MR) is 99.0 cm³/mol. The van der Waals surface area contributed by atoms with Gasteiger partial charge in [-0.3, -0.25) is 4.68 Å². The molecule has 1 aliphatic heterocycles. The van der Waals surface area contributed by atoms with Crippen LogP contribution in [0.3, 0.4) is 0 Å². The zero-order chi connectivity index (χ0) is 20.3. The lowest BCUT2D eigenvalue weighted by molar-refractivity contribution is -0.142. The molecule has 0 radical (unpaired) electrons. The van der Waals surface area contributed by atoms with Crippen molar-refractivity contribution in [3.05, 3.63) is 40.3 Å². The summed E-state index contributed by atoms with van der Waals surface area (Å²) in [6, 6.07) is 3.58. The minimum atomic E-state index is -4.65. The van der Waals surface area contributed by atoms with Crippen molar-refractivity contribution < 1.29 is 18.0 Å². The lowest BCUT2D eigenvalue weighted by Gasteiger charge is -2.27. The van der Waals surface area contributed by atoms with Gasteiger partial charge in [-0.05, 0) is 31.4 Å². The van der Waals surface area contributed by atoms with E-state index in [2.05, 4.69) is 20.1 Å². The number of oxime groups is 1. The van der Waals surface area contributed by atoms with Crippen LogP contribution in [-0.4, -0.2) is 33.7 Å². The number of halogens is 4. The molecule has 0 aliphatic carbocycles. The molecule has 28 heavy (non-hydrogen) atoms. The Balaban J connectivity index is 1.67. The summed E-state index contributed by atoms with van der Waals surface area (Å²) in [5, 5.41) is 6.89. The number of pyridine rings is 1. The van der Waals surface area contributed by atoms with Crippen LogP contribution in [0.5, 0.6) is 0 Å². The molecule has 3 heterocycles. The number of rotatable bonds is 5. The number of aryl methyl sites for hydroxylation is 1. The highest BCUT2D eigenvalue weighted by Gasteiger charge is 2.38. The van der Waals surface area contributed by atoms with E-state index in [9.17, 15) is 13.2 Å². The maximum atomic E-state index is 13.0. The maximum Gasteiger partial charge on any atom is 0.435 e. The van der Waals surface area contributed by atoms with Gasteiger partial charge < -0.3 is 15.5 Å². The van der Waals surface area contributed by atoms with Crippen molar-refractivity contribution in [3.8, 4) is 0 Å². The molecule has 2 aromatic heterocycles. The van der Waals surface area contributed by atoms with E-state index in [4.69, 9.17) is 22.2 Å². The van der Waals surface area contributed by atoms with Gasteiger partial charge in [-0.2, -0.15) is 18.3 Å². The minimum absolute atomic E-state index is 0.00580. The lowest BCUT2D eigenvalue weighted by atomic mass is 10.1. The van der Waals surface area contributed by atoms with E-state index in [0.29, 0.717) is 5.56 Å². The van der Waals surface area contributed by atoms with Crippen LogP contribution in [-0.2, 0) is 24.7 Å². The Morgan fingerprint density at radius 2 is 2.00 bits per heavy atom. The normalized spacial score (nSPS) is 15.8. The largest absolute Gasteiger partial charge is 0.435 e. The van der Waals surface area contributed by atoms with E-state index in [1.807, 2.05) is 6.07 Å². The third kappa shape index (κ3) is 4.49. The number of piperidine rings is 1.